The summed E-state index contributed by atoms with van der Waals surface area (Å²) < 4.78 is 0.824. The van der Waals surface area contributed by atoms with Crippen LogP contribution in [0.5, 0.6) is 0 Å². The zero-order valence-electron chi connectivity index (χ0n) is 15.0. The fraction of sp³-hybridized carbons (Fsp3) is 0.263. The van der Waals surface area contributed by atoms with E-state index in [2.05, 4.69) is 50.6 Å². The smallest absolute Gasteiger partial charge is 0.122 e. The lowest BCUT2D eigenvalue weighted by atomic mass is 9.88. The maximum Gasteiger partial charge on any atom is 0.122 e. The van der Waals surface area contributed by atoms with E-state index < -0.39 is 0 Å². The first-order valence-corrected chi connectivity index (χ1v) is 9.10. The third-order valence-corrected chi connectivity index (χ3v) is 4.79. The van der Waals surface area contributed by atoms with Gasteiger partial charge >= 0.3 is 0 Å². The summed E-state index contributed by atoms with van der Waals surface area (Å²) in [6.45, 7) is 6.20. The fourth-order valence-corrected chi connectivity index (χ4v) is 3.25. The largest absolute Gasteiger partial charge is 0.374 e. The summed E-state index contributed by atoms with van der Waals surface area (Å²) >= 11 is 9.96. The van der Waals surface area contributed by atoms with Crippen molar-refractivity contribution in [3.05, 3.63) is 68.1 Å². The van der Waals surface area contributed by atoms with Gasteiger partial charge in [-0.25, -0.2) is 0 Å². The van der Waals surface area contributed by atoms with E-state index in [4.69, 9.17) is 11.6 Å². The average molecular weight is 435 g/mol. The topological polar surface area (TPSA) is 83.7 Å². The van der Waals surface area contributed by atoms with Gasteiger partial charge in [-0.3, -0.25) is 0 Å². The molecule has 0 aromatic carbocycles. The number of nitriles is 2. The van der Waals surface area contributed by atoms with Crippen LogP contribution >= 0.6 is 27.5 Å². The molecule has 0 saturated heterocycles. The van der Waals surface area contributed by atoms with E-state index in [1.807, 2.05) is 14.0 Å². The first-order chi connectivity index (χ1) is 12.5. The molecule has 0 saturated carbocycles. The van der Waals surface area contributed by atoms with Crippen LogP contribution in [-0.2, 0) is 0 Å². The van der Waals surface area contributed by atoms with Crippen molar-refractivity contribution in [1.82, 2.24) is 16.0 Å². The molecule has 0 amide bonds. The number of dihydropyridines is 1. The minimum atomic E-state index is 0.324. The lowest BCUT2D eigenvalue weighted by Gasteiger charge is -2.26. The standard InChI is InChI=1S/C19H21BrClN5/c1-5-7-16(21)12(6-2)17-13(10-22)18(15(20)8-9-24-3)26-19(25-4)14(17)11-23/h5-7,24-26H,1,8-9H2,2-4H3/b12-6+,16-7+,18-15+. The highest BCUT2D eigenvalue weighted by molar-refractivity contribution is 9.11. The van der Waals surface area contributed by atoms with Gasteiger partial charge in [0.2, 0.25) is 0 Å². The number of nitrogens with one attached hydrogen (secondary N) is 3. The Balaban J connectivity index is 3.84. The molecule has 0 spiro atoms. The molecule has 1 heterocycles. The number of rotatable bonds is 7. The van der Waals surface area contributed by atoms with Crippen LogP contribution in [0.1, 0.15) is 13.3 Å². The molecule has 5 nitrogen and oxygen atoms in total. The molecule has 0 unspecified atom stereocenters. The molecule has 0 radical (unpaired) electrons. The van der Waals surface area contributed by atoms with Crippen LogP contribution in [0.25, 0.3) is 0 Å². The SMILES string of the molecule is C=C/C=C(Cl)\C(=C/C)C1=C(C#N)/C(=C(\Br)CCNC)NC(NC)=C1C#N. The van der Waals surface area contributed by atoms with Crippen LogP contribution in [0.15, 0.2) is 68.1 Å². The third-order valence-electron chi connectivity index (χ3n) is 3.67. The number of nitrogens with zero attached hydrogens (tertiary/aromatic N) is 2. The summed E-state index contributed by atoms with van der Waals surface area (Å²) in [4.78, 5) is 0. The lowest BCUT2D eigenvalue weighted by molar-refractivity contribution is 0.777. The predicted molar refractivity (Wildman–Crippen MR) is 110 cm³/mol. The van der Waals surface area contributed by atoms with E-state index in [0.29, 0.717) is 45.3 Å². The molecular weight excluding hydrogens is 414 g/mol. The van der Waals surface area contributed by atoms with Gasteiger partial charge < -0.3 is 16.0 Å². The minimum absolute atomic E-state index is 0.324. The van der Waals surface area contributed by atoms with E-state index in [0.717, 1.165) is 11.0 Å². The van der Waals surface area contributed by atoms with Crippen molar-refractivity contribution in [3.8, 4) is 12.1 Å². The second-order valence-corrected chi connectivity index (χ2v) is 6.55. The summed E-state index contributed by atoms with van der Waals surface area (Å²) in [7, 11) is 3.57. The second kappa shape index (κ2) is 10.7. The van der Waals surface area contributed by atoms with E-state index >= 15 is 0 Å². The number of hydrogen-bond acceptors (Lipinski definition) is 5. The van der Waals surface area contributed by atoms with Crippen LogP contribution in [-0.4, -0.2) is 20.6 Å². The molecule has 1 aliphatic heterocycles. The Labute approximate surface area is 168 Å². The Kier molecular flexibility index (Phi) is 8.95. The Morgan fingerprint density at radius 3 is 2.42 bits per heavy atom. The molecule has 26 heavy (non-hydrogen) atoms. The van der Waals surface area contributed by atoms with Crippen molar-refractivity contribution >= 4 is 27.5 Å². The van der Waals surface area contributed by atoms with Gasteiger partial charge in [0.25, 0.3) is 0 Å². The van der Waals surface area contributed by atoms with Crippen LogP contribution < -0.4 is 16.0 Å². The summed E-state index contributed by atoms with van der Waals surface area (Å²) in [5.41, 5.74) is 2.38. The van der Waals surface area contributed by atoms with Crippen LogP contribution in [0, 0.1) is 22.7 Å². The Morgan fingerprint density at radius 2 is 1.96 bits per heavy atom. The third kappa shape index (κ3) is 4.68. The Bertz CT molecular complexity index is 816. The van der Waals surface area contributed by atoms with Crippen LogP contribution in [0.3, 0.4) is 0 Å². The van der Waals surface area contributed by atoms with Crippen molar-refractivity contribution in [2.24, 2.45) is 0 Å². The molecule has 0 atom stereocenters. The zero-order valence-corrected chi connectivity index (χ0v) is 17.3. The molecule has 3 N–H and O–H groups in total. The highest BCUT2D eigenvalue weighted by Gasteiger charge is 2.29. The van der Waals surface area contributed by atoms with Gasteiger partial charge in [-0.05, 0) is 38.6 Å². The highest BCUT2D eigenvalue weighted by atomic mass is 79.9. The molecule has 7 heteroatoms. The van der Waals surface area contributed by atoms with Gasteiger partial charge in [0.05, 0.1) is 11.3 Å². The van der Waals surface area contributed by atoms with Crippen LogP contribution in [0.4, 0.5) is 0 Å². The molecule has 0 aromatic heterocycles. The van der Waals surface area contributed by atoms with Gasteiger partial charge in [-0.2, -0.15) is 10.5 Å². The second-order valence-electron chi connectivity index (χ2n) is 5.18. The minimum Gasteiger partial charge on any atom is -0.374 e. The molecule has 0 aliphatic carbocycles. The van der Waals surface area contributed by atoms with Gasteiger partial charge in [-0.1, -0.05) is 46.3 Å². The van der Waals surface area contributed by atoms with Crippen molar-refractivity contribution in [2.45, 2.75) is 13.3 Å². The number of halogens is 2. The quantitative estimate of drug-likeness (QED) is 0.530. The number of hydrogen-bond donors (Lipinski definition) is 3. The Hall–Kier alpha value is -2.25. The zero-order chi connectivity index (χ0) is 19.7. The molecule has 0 aromatic rings. The first kappa shape index (κ1) is 21.8. The Morgan fingerprint density at radius 1 is 1.31 bits per heavy atom. The molecule has 136 valence electrons. The molecule has 0 bridgehead atoms. The molecule has 1 aliphatic rings. The first-order valence-electron chi connectivity index (χ1n) is 7.93. The van der Waals surface area contributed by atoms with Crippen molar-refractivity contribution in [3.63, 3.8) is 0 Å². The fourth-order valence-electron chi connectivity index (χ4n) is 2.46. The summed E-state index contributed by atoms with van der Waals surface area (Å²) in [5.74, 6) is 0.514. The van der Waals surface area contributed by atoms with Crippen LogP contribution in [0.2, 0.25) is 0 Å². The summed E-state index contributed by atoms with van der Waals surface area (Å²) in [5, 5.41) is 29.2. The van der Waals surface area contributed by atoms with E-state index in [1.54, 1.807) is 25.3 Å². The normalized spacial score (nSPS) is 17.3. The lowest BCUT2D eigenvalue weighted by Crippen LogP contribution is -2.31. The van der Waals surface area contributed by atoms with Gasteiger partial charge in [0.1, 0.15) is 23.5 Å². The summed E-state index contributed by atoms with van der Waals surface area (Å²) in [6, 6.07) is 4.40. The molecule has 0 fully saturated rings. The van der Waals surface area contributed by atoms with Gasteiger partial charge in [-0.15, -0.1) is 0 Å². The maximum absolute atomic E-state index is 9.85. The predicted octanol–water partition coefficient (Wildman–Crippen LogP) is 3.84. The molecular formula is C19H21BrClN5. The van der Waals surface area contributed by atoms with Gasteiger partial charge in [0.15, 0.2) is 0 Å². The monoisotopic (exact) mass is 433 g/mol. The van der Waals surface area contributed by atoms with Crippen molar-refractivity contribution < 1.29 is 0 Å². The number of allylic oxidation sites excluding steroid dienone is 8. The maximum atomic E-state index is 9.85. The van der Waals surface area contributed by atoms with Gasteiger partial charge in [0, 0.05) is 22.1 Å². The van der Waals surface area contributed by atoms with E-state index in [-0.39, 0.29) is 0 Å². The average Bonchev–Trinajstić information content (AvgIpc) is 2.65. The van der Waals surface area contributed by atoms with E-state index in [9.17, 15) is 10.5 Å². The summed E-state index contributed by atoms with van der Waals surface area (Å²) in [6.07, 6.45) is 5.66. The van der Waals surface area contributed by atoms with E-state index in [1.165, 1.54) is 0 Å². The van der Waals surface area contributed by atoms with Crippen molar-refractivity contribution in [2.75, 3.05) is 20.6 Å². The van der Waals surface area contributed by atoms with Crippen molar-refractivity contribution in [1.29, 1.82) is 10.5 Å². The highest BCUT2D eigenvalue weighted by Crippen LogP contribution is 2.38. The molecule has 1 rings (SSSR count).